The van der Waals surface area contributed by atoms with Crippen LogP contribution in [0.25, 0.3) is 0 Å². The highest BCUT2D eigenvalue weighted by Crippen LogP contribution is 2.17. The maximum Gasteiger partial charge on any atom is 0.341 e. The molecule has 0 aliphatic rings. The van der Waals surface area contributed by atoms with E-state index >= 15 is 0 Å². The third kappa shape index (κ3) is 3.48. The molecular formula is C15H12ClFO3. The molecule has 0 aliphatic heterocycles. The molecule has 2 aromatic carbocycles. The summed E-state index contributed by atoms with van der Waals surface area (Å²) in [6.07, 6.45) is 0. The smallest absolute Gasteiger partial charge is 0.341 e. The van der Waals surface area contributed by atoms with Gasteiger partial charge in [-0.3, -0.25) is 0 Å². The number of rotatable bonds is 4. The molecule has 0 amide bonds. The lowest BCUT2D eigenvalue weighted by Gasteiger charge is -2.07. The number of hydrogen-bond donors (Lipinski definition) is 0. The minimum atomic E-state index is -0.757. The van der Waals surface area contributed by atoms with Crippen LogP contribution in [-0.2, 0) is 11.3 Å². The average molecular weight is 295 g/mol. The van der Waals surface area contributed by atoms with Crippen LogP contribution in [0.15, 0.2) is 42.5 Å². The van der Waals surface area contributed by atoms with Crippen molar-refractivity contribution in [3.05, 3.63) is 64.4 Å². The van der Waals surface area contributed by atoms with E-state index in [1.807, 2.05) is 0 Å². The first-order valence-corrected chi connectivity index (χ1v) is 6.23. The van der Waals surface area contributed by atoms with Gasteiger partial charge in [0.15, 0.2) is 0 Å². The standard InChI is InChI=1S/C15H12ClFO3/c1-19-12-4-2-3-10(7-12)9-20-15(18)13-8-11(16)5-6-14(13)17/h2-8H,9H2,1H3. The van der Waals surface area contributed by atoms with Gasteiger partial charge in [0, 0.05) is 5.02 Å². The molecule has 0 atom stereocenters. The monoisotopic (exact) mass is 294 g/mol. The van der Waals surface area contributed by atoms with Gasteiger partial charge in [-0.05, 0) is 35.9 Å². The first-order chi connectivity index (χ1) is 9.60. The molecule has 0 unspecified atom stereocenters. The van der Waals surface area contributed by atoms with Gasteiger partial charge in [0.05, 0.1) is 12.7 Å². The molecule has 0 spiro atoms. The summed E-state index contributed by atoms with van der Waals surface area (Å²) < 4.78 is 23.6. The Kier molecular flexibility index (Phi) is 4.58. The quantitative estimate of drug-likeness (QED) is 0.804. The second kappa shape index (κ2) is 6.39. The molecule has 5 heteroatoms. The van der Waals surface area contributed by atoms with E-state index in [0.717, 1.165) is 11.6 Å². The molecule has 0 saturated carbocycles. The third-order valence-electron chi connectivity index (χ3n) is 2.65. The Morgan fingerprint density at radius 3 is 2.80 bits per heavy atom. The van der Waals surface area contributed by atoms with Gasteiger partial charge < -0.3 is 9.47 Å². The summed E-state index contributed by atoms with van der Waals surface area (Å²) in [5, 5.41) is 0.278. The molecule has 0 heterocycles. The van der Waals surface area contributed by atoms with Crippen LogP contribution >= 0.6 is 11.6 Å². The average Bonchev–Trinajstić information content (AvgIpc) is 2.47. The fourth-order valence-corrected chi connectivity index (χ4v) is 1.81. The summed E-state index contributed by atoms with van der Waals surface area (Å²) in [7, 11) is 1.55. The number of ether oxygens (including phenoxy) is 2. The van der Waals surface area contributed by atoms with Gasteiger partial charge in [-0.15, -0.1) is 0 Å². The maximum absolute atomic E-state index is 13.5. The van der Waals surface area contributed by atoms with Crippen molar-refractivity contribution < 1.29 is 18.7 Å². The summed E-state index contributed by atoms with van der Waals surface area (Å²) in [5.41, 5.74) is 0.570. The molecule has 0 radical (unpaired) electrons. The Bertz CT molecular complexity index is 628. The van der Waals surface area contributed by atoms with Crippen molar-refractivity contribution in [2.75, 3.05) is 7.11 Å². The molecule has 2 rings (SSSR count). The summed E-state index contributed by atoms with van der Waals surface area (Å²) >= 11 is 5.73. The molecule has 3 nitrogen and oxygen atoms in total. The lowest BCUT2D eigenvalue weighted by Crippen LogP contribution is -2.07. The number of halogens is 2. The van der Waals surface area contributed by atoms with E-state index in [-0.39, 0.29) is 17.2 Å². The van der Waals surface area contributed by atoms with Gasteiger partial charge in [0.1, 0.15) is 18.2 Å². The van der Waals surface area contributed by atoms with Gasteiger partial charge in [-0.1, -0.05) is 23.7 Å². The van der Waals surface area contributed by atoms with E-state index in [2.05, 4.69) is 0 Å². The number of benzene rings is 2. The summed E-state index contributed by atoms with van der Waals surface area (Å²) in [5.74, 6) is -0.759. The van der Waals surface area contributed by atoms with E-state index in [0.29, 0.717) is 5.75 Å². The normalized spacial score (nSPS) is 10.2. The van der Waals surface area contributed by atoms with E-state index in [1.54, 1.807) is 31.4 Å². The highest BCUT2D eigenvalue weighted by molar-refractivity contribution is 6.30. The lowest BCUT2D eigenvalue weighted by molar-refractivity contribution is 0.0467. The molecule has 0 N–H and O–H groups in total. The predicted molar refractivity (Wildman–Crippen MR) is 73.5 cm³/mol. The molecule has 0 fully saturated rings. The Labute approximate surface area is 120 Å². The SMILES string of the molecule is COc1cccc(COC(=O)c2cc(Cl)ccc2F)c1. The highest BCUT2D eigenvalue weighted by Gasteiger charge is 2.14. The topological polar surface area (TPSA) is 35.5 Å². The van der Waals surface area contributed by atoms with Crippen molar-refractivity contribution in [3.63, 3.8) is 0 Å². The van der Waals surface area contributed by atoms with Crippen LogP contribution in [0.1, 0.15) is 15.9 Å². The molecule has 0 aromatic heterocycles. The molecule has 0 aliphatic carbocycles. The van der Waals surface area contributed by atoms with Crippen LogP contribution in [0.4, 0.5) is 4.39 Å². The van der Waals surface area contributed by atoms with Crippen LogP contribution in [0, 0.1) is 5.82 Å². The van der Waals surface area contributed by atoms with Gasteiger partial charge >= 0.3 is 5.97 Å². The third-order valence-corrected chi connectivity index (χ3v) is 2.89. The number of hydrogen-bond acceptors (Lipinski definition) is 3. The van der Waals surface area contributed by atoms with Crippen LogP contribution in [-0.4, -0.2) is 13.1 Å². The Balaban J connectivity index is 2.06. The summed E-state index contributed by atoms with van der Waals surface area (Å²) in [6.45, 7) is 0.0297. The fourth-order valence-electron chi connectivity index (χ4n) is 1.64. The van der Waals surface area contributed by atoms with Crippen LogP contribution in [0.3, 0.4) is 0 Å². The largest absolute Gasteiger partial charge is 0.497 e. The second-order valence-electron chi connectivity index (χ2n) is 4.05. The maximum atomic E-state index is 13.5. The summed E-state index contributed by atoms with van der Waals surface area (Å²) in [6, 6.07) is 10.8. The molecule has 20 heavy (non-hydrogen) atoms. The molecule has 2 aromatic rings. The fraction of sp³-hybridized carbons (Fsp3) is 0.133. The van der Waals surface area contributed by atoms with E-state index in [9.17, 15) is 9.18 Å². The number of esters is 1. The first-order valence-electron chi connectivity index (χ1n) is 5.85. The minimum absolute atomic E-state index is 0.0297. The van der Waals surface area contributed by atoms with Crippen molar-refractivity contribution in [2.45, 2.75) is 6.61 Å². The van der Waals surface area contributed by atoms with Crippen LogP contribution in [0.5, 0.6) is 5.75 Å². The zero-order valence-electron chi connectivity index (χ0n) is 10.7. The number of carbonyl (C=O) groups is 1. The van der Waals surface area contributed by atoms with Crippen molar-refractivity contribution in [1.82, 2.24) is 0 Å². The van der Waals surface area contributed by atoms with Gasteiger partial charge in [0.25, 0.3) is 0 Å². The summed E-state index contributed by atoms with van der Waals surface area (Å²) in [4.78, 5) is 11.8. The Morgan fingerprint density at radius 2 is 2.05 bits per heavy atom. The Hall–Kier alpha value is -2.07. The zero-order valence-corrected chi connectivity index (χ0v) is 11.5. The van der Waals surface area contributed by atoms with Gasteiger partial charge in [-0.25, -0.2) is 9.18 Å². The molecule has 0 saturated heterocycles. The highest BCUT2D eigenvalue weighted by atomic mass is 35.5. The minimum Gasteiger partial charge on any atom is -0.497 e. The van der Waals surface area contributed by atoms with E-state index in [4.69, 9.17) is 21.1 Å². The molecular weight excluding hydrogens is 283 g/mol. The first kappa shape index (κ1) is 14.3. The van der Waals surface area contributed by atoms with Gasteiger partial charge in [-0.2, -0.15) is 0 Å². The van der Waals surface area contributed by atoms with Gasteiger partial charge in [0.2, 0.25) is 0 Å². The van der Waals surface area contributed by atoms with E-state index in [1.165, 1.54) is 12.1 Å². The number of carbonyl (C=O) groups excluding carboxylic acids is 1. The lowest BCUT2D eigenvalue weighted by atomic mass is 10.2. The van der Waals surface area contributed by atoms with Crippen LogP contribution < -0.4 is 4.74 Å². The second-order valence-corrected chi connectivity index (χ2v) is 4.49. The van der Waals surface area contributed by atoms with Crippen molar-refractivity contribution in [3.8, 4) is 5.75 Å². The predicted octanol–water partition coefficient (Wildman–Crippen LogP) is 3.84. The van der Waals surface area contributed by atoms with Crippen molar-refractivity contribution >= 4 is 17.6 Å². The number of methoxy groups -OCH3 is 1. The van der Waals surface area contributed by atoms with E-state index < -0.39 is 11.8 Å². The van der Waals surface area contributed by atoms with Crippen molar-refractivity contribution in [1.29, 1.82) is 0 Å². The molecule has 0 bridgehead atoms. The molecule has 104 valence electrons. The Morgan fingerprint density at radius 1 is 1.25 bits per heavy atom. The van der Waals surface area contributed by atoms with Crippen LogP contribution in [0.2, 0.25) is 5.02 Å². The zero-order chi connectivity index (χ0) is 14.5. The van der Waals surface area contributed by atoms with Crippen molar-refractivity contribution in [2.24, 2.45) is 0 Å².